The van der Waals surface area contributed by atoms with Gasteiger partial charge in [0.25, 0.3) is 5.56 Å². The van der Waals surface area contributed by atoms with Crippen LogP contribution in [0.4, 0.5) is 0 Å². The van der Waals surface area contributed by atoms with Crippen LogP contribution in [0.5, 0.6) is 0 Å². The normalized spacial score (nSPS) is 21.8. The number of ether oxygens (including phenoxy) is 1. The zero-order valence-corrected chi connectivity index (χ0v) is 18.3. The first-order valence-electron chi connectivity index (χ1n) is 10.2. The molecule has 1 aliphatic carbocycles. The van der Waals surface area contributed by atoms with Gasteiger partial charge < -0.3 is 9.84 Å². The van der Waals surface area contributed by atoms with Gasteiger partial charge in [-0.05, 0) is 37.7 Å². The minimum atomic E-state index is -0.446. The van der Waals surface area contributed by atoms with Gasteiger partial charge in [0, 0.05) is 36.8 Å². The molecule has 0 unspecified atom stereocenters. The fraction of sp³-hybridized carbons (Fsp3) is 0.700. The van der Waals surface area contributed by atoms with Crippen LogP contribution in [0.15, 0.2) is 9.95 Å². The second kappa shape index (κ2) is 8.83. The smallest absolute Gasteiger partial charge is 0.263 e. The van der Waals surface area contributed by atoms with Crippen molar-refractivity contribution in [2.24, 2.45) is 5.92 Å². The summed E-state index contributed by atoms with van der Waals surface area (Å²) in [5.41, 5.74) is 1.33. The first kappa shape index (κ1) is 20.3. The maximum Gasteiger partial charge on any atom is 0.263 e. The summed E-state index contributed by atoms with van der Waals surface area (Å²) in [5, 5.41) is 12.0. The van der Waals surface area contributed by atoms with E-state index in [9.17, 15) is 9.90 Å². The van der Waals surface area contributed by atoms with E-state index in [2.05, 4.69) is 11.8 Å². The number of hydrogen-bond acceptors (Lipinski definition) is 7. The molecule has 2 aromatic rings. The standard InChI is InChI=1S/C20H29N3O3S2/c1-3-23-19(25)17-15-5-4-13(2)10-16(15)28-18(17)21-20(23)27-12-14(24)11-22-6-8-26-9-7-22/h13-14,24H,3-12H2,1-2H3/t13-,14+/m0/s1. The first-order valence-corrected chi connectivity index (χ1v) is 12.0. The monoisotopic (exact) mass is 423 g/mol. The summed E-state index contributed by atoms with van der Waals surface area (Å²) < 4.78 is 7.14. The molecule has 2 aliphatic rings. The molecular formula is C20H29N3O3S2. The predicted octanol–water partition coefficient (Wildman–Crippen LogP) is 2.39. The summed E-state index contributed by atoms with van der Waals surface area (Å²) in [6, 6.07) is 0. The highest BCUT2D eigenvalue weighted by Gasteiger charge is 2.25. The summed E-state index contributed by atoms with van der Waals surface area (Å²) >= 11 is 3.19. The molecule has 3 heterocycles. The number of aryl methyl sites for hydroxylation is 1. The average molecular weight is 424 g/mol. The van der Waals surface area contributed by atoms with Crippen molar-refractivity contribution in [1.82, 2.24) is 14.5 Å². The minimum absolute atomic E-state index is 0.0877. The Morgan fingerprint density at radius 3 is 2.93 bits per heavy atom. The SMILES string of the molecule is CCn1c(SC[C@H](O)CN2CCOCC2)nc2sc3c(c2c1=O)CC[C@H](C)C3. The highest BCUT2D eigenvalue weighted by Crippen LogP contribution is 2.36. The summed E-state index contributed by atoms with van der Waals surface area (Å²) in [7, 11) is 0. The molecule has 0 bridgehead atoms. The largest absolute Gasteiger partial charge is 0.391 e. The molecule has 0 aromatic carbocycles. The van der Waals surface area contributed by atoms with Crippen molar-refractivity contribution >= 4 is 33.3 Å². The van der Waals surface area contributed by atoms with Crippen molar-refractivity contribution in [2.75, 3.05) is 38.6 Å². The van der Waals surface area contributed by atoms with E-state index in [0.29, 0.717) is 24.8 Å². The molecule has 6 nitrogen and oxygen atoms in total. The maximum absolute atomic E-state index is 13.2. The second-order valence-electron chi connectivity index (χ2n) is 7.85. The van der Waals surface area contributed by atoms with E-state index in [1.807, 2.05) is 6.92 Å². The number of rotatable bonds is 6. The number of aliphatic hydroxyl groups is 1. The van der Waals surface area contributed by atoms with Crippen LogP contribution in [-0.4, -0.2) is 64.3 Å². The van der Waals surface area contributed by atoms with Crippen LogP contribution >= 0.6 is 23.1 Å². The number of aliphatic hydroxyl groups excluding tert-OH is 1. The van der Waals surface area contributed by atoms with E-state index in [1.165, 1.54) is 22.2 Å². The number of aromatic nitrogens is 2. The lowest BCUT2D eigenvalue weighted by Crippen LogP contribution is -2.41. The Labute approximate surface area is 173 Å². The van der Waals surface area contributed by atoms with Crippen molar-refractivity contribution in [2.45, 2.75) is 50.9 Å². The van der Waals surface area contributed by atoms with E-state index >= 15 is 0 Å². The molecule has 1 saturated heterocycles. The van der Waals surface area contributed by atoms with Crippen LogP contribution in [0, 0.1) is 5.92 Å². The molecule has 0 spiro atoms. The molecule has 4 rings (SSSR count). The van der Waals surface area contributed by atoms with Gasteiger partial charge in [0.1, 0.15) is 4.83 Å². The van der Waals surface area contributed by atoms with Crippen LogP contribution in [0.1, 0.15) is 30.7 Å². The van der Waals surface area contributed by atoms with Crippen molar-refractivity contribution in [3.63, 3.8) is 0 Å². The number of thioether (sulfide) groups is 1. The number of hydrogen-bond donors (Lipinski definition) is 1. The Balaban J connectivity index is 1.54. The van der Waals surface area contributed by atoms with Crippen molar-refractivity contribution in [1.29, 1.82) is 0 Å². The molecular weight excluding hydrogens is 394 g/mol. The van der Waals surface area contributed by atoms with Crippen molar-refractivity contribution < 1.29 is 9.84 Å². The summed E-state index contributed by atoms with van der Waals surface area (Å²) in [6.07, 6.45) is 2.75. The van der Waals surface area contributed by atoms with Crippen LogP contribution in [-0.2, 0) is 24.1 Å². The third kappa shape index (κ3) is 4.16. The maximum atomic E-state index is 13.2. The van der Waals surface area contributed by atoms with Gasteiger partial charge in [-0.15, -0.1) is 11.3 Å². The third-order valence-electron chi connectivity index (χ3n) is 5.67. The molecule has 2 aromatic heterocycles. The fourth-order valence-corrected chi connectivity index (χ4v) is 6.50. The molecule has 1 N–H and O–H groups in total. The van der Waals surface area contributed by atoms with Crippen LogP contribution in [0.2, 0.25) is 0 Å². The molecule has 154 valence electrons. The van der Waals surface area contributed by atoms with Crippen LogP contribution < -0.4 is 5.56 Å². The van der Waals surface area contributed by atoms with E-state index in [0.717, 1.165) is 60.9 Å². The van der Waals surface area contributed by atoms with E-state index < -0.39 is 6.10 Å². The van der Waals surface area contributed by atoms with Crippen molar-refractivity contribution in [3.05, 3.63) is 20.8 Å². The number of β-amino-alcohol motifs (C(OH)–C–C–N with tert-alkyl or cyclic N) is 1. The van der Waals surface area contributed by atoms with Gasteiger partial charge in [-0.25, -0.2) is 4.98 Å². The molecule has 28 heavy (non-hydrogen) atoms. The topological polar surface area (TPSA) is 67.6 Å². The van der Waals surface area contributed by atoms with Gasteiger partial charge in [0.05, 0.1) is 24.7 Å². The van der Waals surface area contributed by atoms with E-state index in [1.54, 1.807) is 15.9 Å². The molecule has 0 saturated carbocycles. The Kier molecular flexibility index (Phi) is 6.42. The Morgan fingerprint density at radius 1 is 1.39 bits per heavy atom. The Bertz CT molecular complexity index is 889. The second-order valence-corrected chi connectivity index (χ2v) is 9.92. The van der Waals surface area contributed by atoms with Gasteiger partial charge in [0.15, 0.2) is 5.16 Å². The fourth-order valence-electron chi connectivity index (χ4n) is 4.10. The molecule has 8 heteroatoms. The lowest BCUT2D eigenvalue weighted by atomic mass is 9.89. The van der Waals surface area contributed by atoms with Gasteiger partial charge in [-0.3, -0.25) is 14.3 Å². The Morgan fingerprint density at radius 2 is 2.18 bits per heavy atom. The molecule has 0 amide bonds. The quantitative estimate of drug-likeness (QED) is 0.568. The molecule has 1 aliphatic heterocycles. The van der Waals surface area contributed by atoms with Gasteiger partial charge in [-0.2, -0.15) is 0 Å². The zero-order chi connectivity index (χ0) is 19.7. The zero-order valence-electron chi connectivity index (χ0n) is 16.6. The number of fused-ring (bicyclic) bond motifs is 3. The average Bonchev–Trinajstić information content (AvgIpc) is 3.04. The van der Waals surface area contributed by atoms with E-state index in [4.69, 9.17) is 9.72 Å². The van der Waals surface area contributed by atoms with Gasteiger partial charge >= 0.3 is 0 Å². The Hall–Kier alpha value is -0.930. The highest BCUT2D eigenvalue weighted by molar-refractivity contribution is 7.99. The summed E-state index contributed by atoms with van der Waals surface area (Å²) in [6.45, 7) is 8.71. The lowest BCUT2D eigenvalue weighted by Gasteiger charge is -2.28. The van der Waals surface area contributed by atoms with Crippen LogP contribution in [0.25, 0.3) is 10.2 Å². The van der Waals surface area contributed by atoms with Gasteiger partial charge in [0.2, 0.25) is 0 Å². The van der Waals surface area contributed by atoms with E-state index in [-0.39, 0.29) is 5.56 Å². The minimum Gasteiger partial charge on any atom is -0.391 e. The molecule has 0 radical (unpaired) electrons. The third-order valence-corrected chi connectivity index (χ3v) is 7.94. The summed E-state index contributed by atoms with van der Waals surface area (Å²) in [5.74, 6) is 1.22. The molecule has 2 atom stereocenters. The number of thiophene rings is 1. The number of nitrogens with zero attached hydrogens (tertiary/aromatic N) is 3. The predicted molar refractivity (Wildman–Crippen MR) is 115 cm³/mol. The lowest BCUT2D eigenvalue weighted by molar-refractivity contribution is 0.0188. The first-order chi connectivity index (χ1) is 13.6. The molecule has 1 fully saturated rings. The van der Waals surface area contributed by atoms with Gasteiger partial charge in [-0.1, -0.05) is 18.7 Å². The van der Waals surface area contributed by atoms with Crippen molar-refractivity contribution in [3.8, 4) is 0 Å². The van der Waals surface area contributed by atoms with Crippen LogP contribution in [0.3, 0.4) is 0 Å². The number of morpholine rings is 1. The summed E-state index contributed by atoms with van der Waals surface area (Å²) in [4.78, 5) is 22.5. The highest BCUT2D eigenvalue weighted by atomic mass is 32.2.